The van der Waals surface area contributed by atoms with Gasteiger partial charge in [0.05, 0.1) is 19.3 Å². The average molecular weight is 221 g/mol. The Bertz CT molecular complexity index is 337. The molecule has 0 aliphatic carbocycles. The number of morpholine rings is 1. The second-order valence-corrected chi connectivity index (χ2v) is 4.36. The van der Waals surface area contributed by atoms with Gasteiger partial charge in [-0.15, -0.1) is 0 Å². The molecule has 2 N–H and O–H groups in total. The summed E-state index contributed by atoms with van der Waals surface area (Å²) in [6.45, 7) is 6.58. The molecule has 4 heteroatoms. The smallest absolute Gasteiger partial charge is 0.128 e. The van der Waals surface area contributed by atoms with E-state index in [1.165, 1.54) is 0 Å². The molecule has 0 aromatic carbocycles. The van der Waals surface area contributed by atoms with E-state index >= 15 is 0 Å². The zero-order valence-electron chi connectivity index (χ0n) is 9.89. The molecule has 0 bridgehead atoms. The monoisotopic (exact) mass is 221 g/mol. The minimum Gasteiger partial charge on any atom is -0.377 e. The Morgan fingerprint density at radius 1 is 1.56 bits per heavy atom. The lowest BCUT2D eigenvalue weighted by atomic mass is 10.1. The Morgan fingerprint density at radius 2 is 2.38 bits per heavy atom. The number of ether oxygens (including phenoxy) is 1. The first-order chi connectivity index (χ1) is 7.68. The fourth-order valence-corrected chi connectivity index (χ4v) is 1.90. The number of nitrogens with two attached hydrogens (primary N) is 1. The van der Waals surface area contributed by atoms with Crippen LogP contribution in [0.5, 0.6) is 0 Å². The Morgan fingerprint density at radius 3 is 2.94 bits per heavy atom. The average Bonchev–Trinajstić information content (AvgIpc) is 2.30. The topological polar surface area (TPSA) is 51.4 Å². The van der Waals surface area contributed by atoms with E-state index in [9.17, 15) is 0 Å². The van der Waals surface area contributed by atoms with Gasteiger partial charge in [0.25, 0.3) is 0 Å². The summed E-state index contributed by atoms with van der Waals surface area (Å²) in [5.41, 5.74) is 6.87. The van der Waals surface area contributed by atoms with E-state index in [2.05, 4.69) is 22.9 Å². The van der Waals surface area contributed by atoms with Gasteiger partial charge in [-0.1, -0.05) is 6.07 Å². The number of anilines is 1. The van der Waals surface area contributed by atoms with Crippen molar-refractivity contribution in [2.75, 3.05) is 24.7 Å². The van der Waals surface area contributed by atoms with Gasteiger partial charge in [-0.3, -0.25) is 0 Å². The maximum Gasteiger partial charge on any atom is 0.128 e. The lowest BCUT2D eigenvalue weighted by Crippen LogP contribution is -2.44. The lowest BCUT2D eigenvalue weighted by molar-refractivity contribution is 0.0985. The fraction of sp³-hybridized carbons (Fsp3) is 0.583. The molecule has 16 heavy (non-hydrogen) atoms. The lowest BCUT2D eigenvalue weighted by Gasteiger charge is -2.34. The van der Waals surface area contributed by atoms with Gasteiger partial charge in [-0.25, -0.2) is 4.98 Å². The summed E-state index contributed by atoms with van der Waals surface area (Å²) in [6.07, 6.45) is 1.86. The van der Waals surface area contributed by atoms with Crippen LogP contribution in [-0.4, -0.2) is 30.8 Å². The highest BCUT2D eigenvalue weighted by molar-refractivity contribution is 5.41. The standard InChI is InChI=1S/C12H19N3O/c1-9-8-16-6-5-15(9)12-4-3-11(7-14-12)10(2)13/h3-4,7,9-10H,5-6,8,13H2,1-2H3/t9?,10-/m1/s1. The van der Waals surface area contributed by atoms with E-state index in [0.29, 0.717) is 6.04 Å². The Labute approximate surface area is 96.4 Å². The molecule has 88 valence electrons. The van der Waals surface area contributed by atoms with E-state index in [1.54, 1.807) is 0 Å². The van der Waals surface area contributed by atoms with Gasteiger partial charge < -0.3 is 15.4 Å². The molecule has 1 aliphatic heterocycles. The van der Waals surface area contributed by atoms with E-state index in [0.717, 1.165) is 31.1 Å². The predicted octanol–water partition coefficient (Wildman–Crippen LogP) is 1.33. The van der Waals surface area contributed by atoms with Gasteiger partial charge in [0.1, 0.15) is 5.82 Å². The molecule has 1 saturated heterocycles. The first-order valence-electron chi connectivity index (χ1n) is 5.74. The van der Waals surface area contributed by atoms with Crippen molar-refractivity contribution in [3.63, 3.8) is 0 Å². The van der Waals surface area contributed by atoms with Crippen LogP contribution in [-0.2, 0) is 4.74 Å². The Kier molecular flexibility index (Phi) is 3.41. The van der Waals surface area contributed by atoms with Crippen molar-refractivity contribution in [2.45, 2.75) is 25.9 Å². The molecule has 2 atom stereocenters. The highest BCUT2D eigenvalue weighted by Crippen LogP contribution is 2.18. The minimum atomic E-state index is 0.0451. The van der Waals surface area contributed by atoms with Crippen molar-refractivity contribution >= 4 is 5.82 Å². The van der Waals surface area contributed by atoms with Crippen molar-refractivity contribution < 1.29 is 4.74 Å². The van der Waals surface area contributed by atoms with Crippen molar-refractivity contribution in [2.24, 2.45) is 5.73 Å². The molecule has 1 aromatic heterocycles. The van der Waals surface area contributed by atoms with Gasteiger partial charge in [-0.05, 0) is 25.5 Å². The van der Waals surface area contributed by atoms with Gasteiger partial charge in [0, 0.05) is 18.8 Å². The molecule has 1 fully saturated rings. The molecule has 2 heterocycles. The molecule has 2 rings (SSSR count). The van der Waals surface area contributed by atoms with Crippen LogP contribution < -0.4 is 10.6 Å². The number of rotatable bonds is 2. The summed E-state index contributed by atoms with van der Waals surface area (Å²) in [5.74, 6) is 1.01. The number of pyridine rings is 1. The zero-order chi connectivity index (χ0) is 11.5. The highest BCUT2D eigenvalue weighted by atomic mass is 16.5. The third-order valence-electron chi connectivity index (χ3n) is 2.96. The van der Waals surface area contributed by atoms with Crippen LogP contribution in [0.4, 0.5) is 5.82 Å². The highest BCUT2D eigenvalue weighted by Gasteiger charge is 2.19. The largest absolute Gasteiger partial charge is 0.377 e. The van der Waals surface area contributed by atoms with Crippen molar-refractivity contribution in [3.8, 4) is 0 Å². The van der Waals surface area contributed by atoms with Crippen molar-refractivity contribution in [1.29, 1.82) is 0 Å². The van der Waals surface area contributed by atoms with Crippen LogP contribution in [0.25, 0.3) is 0 Å². The normalized spacial score (nSPS) is 23.2. The second kappa shape index (κ2) is 4.80. The van der Waals surface area contributed by atoms with E-state index < -0.39 is 0 Å². The Balaban J connectivity index is 2.14. The number of hydrogen-bond donors (Lipinski definition) is 1. The molecule has 0 radical (unpaired) electrons. The molecular formula is C12H19N3O. The van der Waals surface area contributed by atoms with E-state index in [-0.39, 0.29) is 6.04 Å². The SMILES string of the molecule is CC1COCCN1c1ccc([C@@H](C)N)cn1. The molecule has 0 amide bonds. The van der Waals surface area contributed by atoms with Gasteiger partial charge >= 0.3 is 0 Å². The van der Waals surface area contributed by atoms with Crippen LogP contribution in [0, 0.1) is 0 Å². The quantitative estimate of drug-likeness (QED) is 0.818. The number of nitrogens with zero attached hydrogens (tertiary/aromatic N) is 2. The van der Waals surface area contributed by atoms with Crippen molar-refractivity contribution in [3.05, 3.63) is 23.9 Å². The summed E-state index contributed by atoms with van der Waals surface area (Å²) in [4.78, 5) is 6.74. The van der Waals surface area contributed by atoms with E-state index in [4.69, 9.17) is 10.5 Å². The fourth-order valence-electron chi connectivity index (χ4n) is 1.90. The third-order valence-corrected chi connectivity index (χ3v) is 2.96. The van der Waals surface area contributed by atoms with Crippen molar-refractivity contribution in [1.82, 2.24) is 4.98 Å². The molecular weight excluding hydrogens is 202 g/mol. The van der Waals surface area contributed by atoms with Gasteiger partial charge in [0.2, 0.25) is 0 Å². The van der Waals surface area contributed by atoms with E-state index in [1.807, 2.05) is 19.2 Å². The molecule has 1 aliphatic rings. The number of hydrogen-bond acceptors (Lipinski definition) is 4. The Hall–Kier alpha value is -1.13. The van der Waals surface area contributed by atoms with Crippen LogP contribution in [0.2, 0.25) is 0 Å². The third kappa shape index (κ3) is 2.33. The minimum absolute atomic E-state index is 0.0451. The first kappa shape index (κ1) is 11.4. The van der Waals surface area contributed by atoms with Gasteiger partial charge in [-0.2, -0.15) is 0 Å². The summed E-state index contributed by atoms with van der Waals surface area (Å²) in [7, 11) is 0. The first-order valence-corrected chi connectivity index (χ1v) is 5.74. The summed E-state index contributed by atoms with van der Waals surface area (Å²) < 4.78 is 5.41. The molecule has 1 unspecified atom stereocenters. The molecule has 1 aromatic rings. The molecule has 0 spiro atoms. The second-order valence-electron chi connectivity index (χ2n) is 4.36. The van der Waals surface area contributed by atoms with Crippen LogP contribution >= 0.6 is 0 Å². The molecule has 0 saturated carbocycles. The maximum atomic E-state index is 5.80. The van der Waals surface area contributed by atoms with Gasteiger partial charge in [0.15, 0.2) is 0 Å². The summed E-state index contributed by atoms with van der Waals surface area (Å²) in [5, 5.41) is 0. The summed E-state index contributed by atoms with van der Waals surface area (Å²) >= 11 is 0. The van der Waals surface area contributed by atoms with Crippen LogP contribution in [0.3, 0.4) is 0 Å². The van der Waals surface area contributed by atoms with Crippen LogP contribution in [0.1, 0.15) is 25.5 Å². The summed E-state index contributed by atoms with van der Waals surface area (Å²) in [6, 6.07) is 4.53. The zero-order valence-corrected chi connectivity index (χ0v) is 9.89. The number of aromatic nitrogens is 1. The maximum absolute atomic E-state index is 5.80. The predicted molar refractivity (Wildman–Crippen MR) is 64.5 cm³/mol. The van der Waals surface area contributed by atoms with Crippen LogP contribution in [0.15, 0.2) is 18.3 Å². The molecule has 4 nitrogen and oxygen atoms in total.